The summed E-state index contributed by atoms with van der Waals surface area (Å²) >= 11 is 0. The number of carbonyl (C=O) groups is 2. The molecule has 0 spiro atoms. The molecule has 1 unspecified atom stereocenters. The summed E-state index contributed by atoms with van der Waals surface area (Å²) in [6.07, 6.45) is -3.89. The van der Waals surface area contributed by atoms with Crippen molar-refractivity contribution in [2.75, 3.05) is 19.6 Å². The van der Waals surface area contributed by atoms with E-state index in [4.69, 9.17) is 5.73 Å². The van der Waals surface area contributed by atoms with Crippen LogP contribution in [0.2, 0.25) is 0 Å². The first-order valence-electron chi connectivity index (χ1n) is 7.14. The molecule has 0 bridgehead atoms. The van der Waals surface area contributed by atoms with Gasteiger partial charge in [-0.2, -0.15) is 13.2 Å². The molecule has 0 aromatic heterocycles. The van der Waals surface area contributed by atoms with Gasteiger partial charge in [0.15, 0.2) is 0 Å². The van der Waals surface area contributed by atoms with Crippen molar-refractivity contribution in [1.29, 1.82) is 0 Å². The average Bonchev–Trinajstić information content (AvgIpc) is 2.51. The Balaban J connectivity index is 2.44. The maximum Gasteiger partial charge on any atom is 0.416 e. The topological polar surface area (TPSA) is 84.2 Å². The Bertz CT molecular complexity index is 547. The van der Waals surface area contributed by atoms with Gasteiger partial charge in [-0.15, -0.1) is 0 Å². The molecule has 0 aliphatic heterocycles. The SMILES string of the molecule is CC(CCNC(=O)CNC(=O)CN)c1cccc(C(F)(F)F)c1. The molecule has 0 fully saturated rings. The fourth-order valence-corrected chi connectivity index (χ4v) is 1.93. The zero-order chi connectivity index (χ0) is 17.5. The van der Waals surface area contributed by atoms with Crippen LogP contribution in [0, 0.1) is 0 Å². The third-order valence-electron chi connectivity index (χ3n) is 3.31. The van der Waals surface area contributed by atoms with Crippen molar-refractivity contribution >= 4 is 11.8 Å². The lowest BCUT2D eigenvalue weighted by atomic mass is 9.96. The third-order valence-corrected chi connectivity index (χ3v) is 3.31. The van der Waals surface area contributed by atoms with Crippen LogP contribution in [0.3, 0.4) is 0 Å². The second kappa shape index (κ2) is 8.52. The molecular weight excluding hydrogens is 311 g/mol. The molecule has 0 aliphatic rings. The molecule has 23 heavy (non-hydrogen) atoms. The molecule has 8 heteroatoms. The lowest BCUT2D eigenvalue weighted by Gasteiger charge is -2.15. The van der Waals surface area contributed by atoms with Crippen LogP contribution in [-0.4, -0.2) is 31.4 Å². The Labute approximate surface area is 132 Å². The van der Waals surface area contributed by atoms with Crippen LogP contribution in [0.4, 0.5) is 13.2 Å². The second-order valence-electron chi connectivity index (χ2n) is 5.14. The predicted molar refractivity (Wildman–Crippen MR) is 79.5 cm³/mol. The largest absolute Gasteiger partial charge is 0.416 e. The minimum absolute atomic E-state index is 0.142. The van der Waals surface area contributed by atoms with Crippen molar-refractivity contribution in [3.63, 3.8) is 0 Å². The summed E-state index contributed by atoms with van der Waals surface area (Å²) in [5.74, 6) is -0.947. The van der Waals surface area contributed by atoms with Crippen LogP contribution < -0.4 is 16.4 Å². The van der Waals surface area contributed by atoms with Crippen LogP contribution >= 0.6 is 0 Å². The highest BCUT2D eigenvalue weighted by Crippen LogP contribution is 2.31. The maximum atomic E-state index is 12.7. The fraction of sp³-hybridized carbons (Fsp3) is 0.467. The number of carbonyl (C=O) groups excluding carboxylic acids is 2. The fourth-order valence-electron chi connectivity index (χ4n) is 1.93. The van der Waals surface area contributed by atoms with Gasteiger partial charge in [0.1, 0.15) is 0 Å². The van der Waals surface area contributed by atoms with Crippen molar-refractivity contribution in [1.82, 2.24) is 10.6 Å². The van der Waals surface area contributed by atoms with E-state index in [2.05, 4.69) is 10.6 Å². The van der Waals surface area contributed by atoms with Gasteiger partial charge in [-0.25, -0.2) is 0 Å². The van der Waals surface area contributed by atoms with Gasteiger partial charge >= 0.3 is 6.18 Å². The van der Waals surface area contributed by atoms with Crippen molar-refractivity contribution in [3.05, 3.63) is 35.4 Å². The van der Waals surface area contributed by atoms with E-state index in [1.165, 1.54) is 6.07 Å². The molecule has 1 atom stereocenters. The first kappa shape index (κ1) is 19.0. The van der Waals surface area contributed by atoms with Gasteiger partial charge in [-0.05, 0) is 24.0 Å². The number of nitrogens with two attached hydrogens (primary N) is 1. The van der Waals surface area contributed by atoms with E-state index in [0.717, 1.165) is 12.1 Å². The van der Waals surface area contributed by atoms with Gasteiger partial charge in [0.25, 0.3) is 0 Å². The Kier molecular flexibility index (Phi) is 7.02. The zero-order valence-electron chi connectivity index (χ0n) is 12.7. The predicted octanol–water partition coefficient (Wildman–Crippen LogP) is 1.39. The summed E-state index contributed by atoms with van der Waals surface area (Å²) in [6.45, 7) is 1.72. The van der Waals surface area contributed by atoms with Crippen LogP contribution in [0.25, 0.3) is 0 Å². The van der Waals surface area contributed by atoms with E-state index >= 15 is 0 Å². The summed E-state index contributed by atoms with van der Waals surface area (Å²) in [4.78, 5) is 22.3. The number of amides is 2. The van der Waals surface area contributed by atoms with Crippen molar-refractivity contribution < 1.29 is 22.8 Å². The van der Waals surface area contributed by atoms with Crippen molar-refractivity contribution in [2.24, 2.45) is 5.73 Å². The summed E-state index contributed by atoms with van der Waals surface area (Å²) < 4.78 is 38.0. The van der Waals surface area contributed by atoms with Gasteiger partial charge in [0.05, 0.1) is 18.7 Å². The molecule has 1 aromatic carbocycles. The van der Waals surface area contributed by atoms with E-state index in [1.807, 2.05) is 0 Å². The third kappa shape index (κ3) is 6.68. The second-order valence-corrected chi connectivity index (χ2v) is 5.14. The molecule has 0 saturated carbocycles. The van der Waals surface area contributed by atoms with Gasteiger partial charge in [0.2, 0.25) is 11.8 Å². The number of benzene rings is 1. The Morgan fingerprint density at radius 2 is 1.91 bits per heavy atom. The van der Waals surface area contributed by atoms with Gasteiger partial charge in [-0.3, -0.25) is 9.59 Å². The molecule has 0 heterocycles. The van der Waals surface area contributed by atoms with Crippen LogP contribution in [0.1, 0.15) is 30.4 Å². The van der Waals surface area contributed by atoms with Crippen molar-refractivity contribution in [2.45, 2.75) is 25.4 Å². The summed E-state index contributed by atoms with van der Waals surface area (Å²) in [5, 5.41) is 4.92. The first-order chi connectivity index (χ1) is 10.7. The minimum atomic E-state index is -4.37. The summed E-state index contributed by atoms with van der Waals surface area (Å²) in [7, 11) is 0. The molecule has 0 saturated heterocycles. The van der Waals surface area contributed by atoms with E-state index in [1.54, 1.807) is 13.0 Å². The van der Waals surface area contributed by atoms with Gasteiger partial charge < -0.3 is 16.4 Å². The highest BCUT2D eigenvalue weighted by Gasteiger charge is 2.30. The molecule has 0 aliphatic carbocycles. The molecule has 5 nitrogen and oxygen atoms in total. The average molecular weight is 331 g/mol. The van der Waals surface area contributed by atoms with E-state index in [0.29, 0.717) is 18.5 Å². The van der Waals surface area contributed by atoms with Gasteiger partial charge in [-0.1, -0.05) is 25.1 Å². The van der Waals surface area contributed by atoms with Crippen LogP contribution in [-0.2, 0) is 15.8 Å². The smallest absolute Gasteiger partial charge is 0.355 e. The quantitative estimate of drug-likeness (QED) is 0.706. The standard InChI is InChI=1S/C15H20F3N3O2/c1-10(5-6-20-14(23)9-21-13(22)8-19)11-3-2-4-12(7-11)15(16,17)18/h2-4,7,10H,5-6,8-9,19H2,1H3,(H,20,23)(H,21,22). The molecule has 4 N–H and O–H groups in total. The molecule has 0 radical (unpaired) electrons. The Morgan fingerprint density at radius 3 is 2.52 bits per heavy atom. The molecule has 1 aromatic rings. The zero-order valence-corrected chi connectivity index (χ0v) is 12.7. The van der Waals surface area contributed by atoms with Crippen LogP contribution in [0.5, 0.6) is 0 Å². The summed E-state index contributed by atoms with van der Waals surface area (Å²) in [6, 6.07) is 5.14. The number of halogens is 3. The molecular formula is C15H20F3N3O2. The number of nitrogens with one attached hydrogen (secondary N) is 2. The Hall–Kier alpha value is -2.09. The minimum Gasteiger partial charge on any atom is -0.355 e. The Morgan fingerprint density at radius 1 is 1.22 bits per heavy atom. The first-order valence-corrected chi connectivity index (χ1v) is 7.14. The number of hydrogen-bond acceptors (Lipinski definition) is 3. The number of alkyl halides is 3. The highest BCUT2D eigenvalue weighted by atomic mass is 19.4. The van der Waals surface area contributed by atoms with E-state index in [-0.39, 0.29) is 24.9 Å². The number of rotatable bonds is 7. The lowest BCUT2D eigenvalue weighted by molar-refractivity contribution is -0.137. The monoisotopic (exact) mass is 331 g/mol. The van der Waals surface area contributed by atoms with Crippen molar-refractivity contribution in [3.8, 4) is 0 Å². The molecule has 1 rings (SSSR count). The summed E-state index contributed by atoms with van der Waals surface area (Å²) in [5.41, 5.74) is 4.96. The number of hydrogen-bond donors (Lipinski definition) is 3. The molecule has 128 valence electrons. The highest BCUT2D eigenvalue weighted by molar-refractivity contribution is 5.85. The normalized spacial score (nSPS) is 12.6. The maximum absolute atomic E-state index is 12.7. The molecule has 2 amide bonds. The van der Waals surface area contributed by atoms with E-state index in [9.17, 15) is 22.8 Å². The van der Waals surface area contributed by atoms with Gasteiger partial charge in [0, 0.05) is 6.54 Å². The lowest BCUT2D eigenvalue weighted by Crippen LogP contribution is -2.39. The van der Waals surface area contributed by atoms with Crippen LogP contribution in [0.15, 0.2) is 24.3 Å². The van der Waals surface area contributed by atoms with E-state index < -0.39 is 17.6 Å².